The molecule has 0 saturated carbocycles. The highest BCUT2D eigenvalue weighted by Gasteiger charge is 2.16. The zero-order valence-corrected chi connectivity index (χ0v) is 30.6. The smallest absolute Gasteiger partial charge is 0.160 e. The first-order valence-electron chi connectivity index (χ1n) is 18.6. The maximum Gasteiger partial charge on any atom is 0.160 e. The van der Waals surface area contributed by atoms with E-state index in [1.165, 1.54) is 74.7 Å². The molecule has 256 valence electrons. The number of thiophene rings is 1. The van der Waals surface area contributed by atoms with Crippen LogP contribution in [0.15, 0.2) is 194 Å². The molecule has 11 aromatic rings. The van der Waals surface area contributed by atoms with Gasteiger partial charge >= 0.3 is 0 Å². The molecule has 2 heterocycles. The largest absolute Gasteiger partial charge is 0.228 e. The molecular formula is C52H32N2S. The van der Waals surface area contributed by atoms with Crippen LogP contribution in [0.3, 0.4) is 0 Å². The fourth-order valence-electron chi connectivity index (χ4n) is 8.26. The minimum Gasteiger partial charge on any atom is -0.228 e. The van der Waals surface area contributed by atoms with Gasteiger partial charge in [0.05, 0.1) is 11.4 Å². The van der Waals surface area contributed by atoms with E-state index in [4.69, 9.17) is 9.97 Å². The van der Waals surface area contributed by atoms with Crippen molar-refractivity contribution in [1.29, 1.82) is 0 Å². The van der Waals surface area contributed by atoms with Gasteiger partial charge in [0.15, 0.2) is 5.82 Å². The fourth-order valence-corrected chi connectivity index (χ4v) is 9.39. The Balaban J connectivity index is 1.05. The lowest BCUT2D eigenvalue weighted by Crippen LogP contribution is -1.96. The van der Waals surface area contributed by atoms with Crippen LogP contribution in [0.1, 0.15) is 0 Å². The molecule has 2 nitrogen and oxygen atoms in total. The molecule has 0 aliphatic heterocycles. The van der Waals surface area contributed by atoms with Gasteiger partial charge in [0.2, 0.25) is 0 Å². The lowest BCUT2D eigenvalue weighted by Gasteiger charge is -2.15. The van der Waals surface area contributed by atoms with Crippen LogP contribution in [0.5, 0.6) is 0 Å². The van der Waals surface area contributed by atoms with Crippen molar-refractivity contribution in [2.45, 2.75) is 0 Å². The third-order valence-corrected chi connectivity index (χ3v) is 12.0. The highest BCUT2D eigenvalue weighted by atomic mass is 32.1. The molecule has 2 aromatic heterocycles. The first-order chi connectivity index (χ1) is 27.2. The summed E-state index contributed by atoms with van der Waals surface area (Å²) in [5.74, 6) is 0.702. The van der Waals surface area contributed by atoms with E-state index in [1.54, 1.807) is 0 Å². The highest BCUT2D eigenvalue weighted by Crippen LogP contribution is 2.42. The van der Waals surface area contributed by atoms with Crippen molar-refractivity contribution in [1.82, 2.24) is 9.97 Å². The minimum atomic E-state index is 0.702. The molecule has 0 spiro atoms. The summed E-state index contributed by atoms with van der Waals surface area (Å²) in [6.45, 7) is 0. The van der Waals surface area contributed by atoms with Gasteiger partial charge in [-0.1, -0.05) is 164 Å². The van der Waals surface area contributed by atoms with E-state index < -0.39 is 0 Å². The topological polar surface area (TPSA) is 25.8 Å². The summed E-state index contributed by atoms with van der Waals surface area (Å²) in [6, 6.07) is 69.7. The summed E-state index contributed by atoms with van der Waals surface area (Å²) in [4.78, 5) is 10.4. The van der Waals surface area contributed by atoms with Gasteiger partial charge in [-0.25, -0.2) is 9.97 Å². The molecule has 0 saturated heterocycles. The Kier molecular flexibility index (Phi) is 7.39. The van der Waals surface area contributed by atoms with Crippen molar-refractivity contribution in [2.24, 2.45) is 0 Å². The third kappa shape index (κ3) is 5.40. The first-order valence-corrected chi connectivity index (χ1v) is 19.5. The van der Waals surface area contributed by atoms with Gasteiger partial charge in [0.1, 0.15) is 0 Å². The summed E-state index contributed by atoms with van der Waals surface area (Å²) in [6.07, 6.45) is 0. The van der Waals surface area contributed by atoms with Crippen molar-refractivity contribution in [3.63, 3.8) is 0 Å². The number of rotatable bonds is 5. The maximum absolute atomic E-state index is 5.26. The van der Waals surface area contributed by atoms with Gasteiger partial charge in [0, 0.05) is 36.9 Å². The molecule has 0 aliphatic rings. The Morgan fingerprint density at radius 1 is 0.327 bits per heavy atom. The average molecular weight is 717 g/mol. The first kappa shape index (κ1) is 31.6. The van der Waals surface area contributed by atoms with Crippen molar-refractivity contribution < 1.29 is 0 Å². The molecule has 0 aliphatic carbocycles. The zero-order valence-electron chi connectivity index (χ0n) is 29.8. The molecule has 0 bridgehead atoms. The van der Waals surface area contributed by atoms with Crippen LogP contribution in [0.4, 0.5) is 0 Å². The summed E-state index contributed by atoms with van der Waals surface area (Å²) in [7, 11) is 0. The van der Waals surface area contributed by atoms with Gasteiger partial charge in [-0.15, -0.1) is 11.3 Å². The number of aromatic nitrogens is 2. The van der Waals surface area contributed by atoms with Gasteiger partial charge in [-0.05, 0) is 84.9 Å². The monoisotopic (exact) mass is 716 g/mol. The lowest BCUT2D eigenvalue weighted by molar-refractivity contribution is 1.18. The normalized spacial score (nSPS) is 11.6. The second-order valence-electron chi connectivity index (χ2n) is 14.1. The molecule has 0 N–H and O–H groups in total. The maximum atomic E-state index is 5.26. The number of hydrogen-bond acceptors (Lipinski definition) is 3. The van der Waals surface area contributed by atoms with Crippen LogP contribution in [0.25, 0.3) is 109 Å². The minimum absolute atomic E-state index is 0.702. The van der Waals surface area contributed by atoms with Gasteiger partial charge < -0.3 is 0 Å². The van der Waals surface area contributed by atoms with Gasteiger partial charge in [-0.3, -0.25) is 0 Å². The molecule has 0 unspecified atom stereocenters. The molecule has 0 amide bonds. The van der Waals surface area contributed by atoms with E-state index in [1.807, 2.05) is 17.4 Å². The average Bonchev–Trinajstić information content (AvgIpc) is 3.65. The Morgan fingerprint density at radius 3 is 1.82 bits per heavy atom. The Hall–Kier alpha value is -6.94. The Morgan fingerprint density at radius 2 is 0.964 bits per heavy atom. The SMILES string of the molecule is c1ccc(-c2cc(-c3cccc(-c4cccc5sc6ccccc6c45)c3)nc(-c3ccc(-c4c5ccccc5cc5c4ccc4ccccc45)cc3)n2)cc1. The molecule has 11 rings (SSSR count). The second kappa shape index (κ2) is 12.9. The van der Waals surface area contributed by atoms with E-state index in [0.29, 0.717) is 5.82 Å². The molecular weight excluding hydrogens is 685 g/mol. The quantitative estimate of drug-likeness (QED) is 0.131. The van der Waals surface area contributed by atoms with Crippen molar-refractivity contribution in [2.75, 3.05) is 0 Å². The molecule has 3 heteroatoms. The lowest BCUT2D eigenvalue weighted by atomic mass is 9.89. The van der Waals surface area contributed by atoms with Gasteiger partial charge in [0.25, 0.3) is 0 Å². The third-order valence-electron chi connectivity index (χ3n) is 10.9. The summed E-state index contributed by atoms with van der Waals surface area (Å²) >= 11 is 1.85. The van der Waals surface area contributed by atoms with Crippen molar-refractivity contribution in [3.8, 4) is 56.2 Å². The molecule has 9 aromatic carbocycles. The molecule has 0 fully saturated rings. The van der Waals surface area contributed by atoms with E-state index in [2.05, 4.69) is 188 Å². The Bertz CT molecular complexity index is 3250. The number of benzene rings is 9. The van der Waals surface area contributed by atoms with Crippen LogP contribution in [-0.4, -0.2) is 9.97 Å². The van der Waals surface area contributed by atoms with Gasteiger partial charge in [-0.2, -0.15) is 0 Å². The van der Waals surface area contributed by atoms with E-state index in [0.717, 1.165) is 28.1 Å². The van der Waals surface area contributed by atoms with Crippen LogP contribution in [-0.2, 0) is 0 Å². The molecule has 0 radical (unpaired) electrons. The second-order valence-corrected chi connectivity index (χ2v) is 15.2. The van der Waals surface area contributed by atoms with Crippen LogP contribution < -0.4 is 0 Å². The van der Waals surface area contributed by atoms with Crippen LogP contribution >= 0.6 is 11.3 Å². The van der Waals surface area contributed by atoms with Crippen LogP contribution in [0.2, 0.25) is 0 Å². The van der Waals surface area contributed by atoms with Crippen molar-refractivity contribution >= 4 is 63.8 Å². The Labute approximate surface area is 322 Å². The predicted molar refractivity (Wildman–Crippen MR) is 235 cm³/mol. The molecule has 55 heavy (non-hydrogen) atoms. The fraction of sp³-hybridized carbons (Fsp3) is 0. The number of fused-ring (bicyclic) bond motifs is 7. The van der Waals surface area contributed by atoms with E-state index >= 15 is 0 Å². The predicted octanol–water partition coefficient (Wildman–Crippen LogP) is 14.6. The number of nitrogens with zero attached hydrogens (tertiary/aromatic N) is 2. The number of hydrogen-bond donors (Lipinski definition) is 0. The molecule has 0 atom stereocenters. The highest BCUT2D eigenvalue weighted by molar-refractivity contribution is 7.25. The summed E-state index contributed by atoms with van der Waals surface area (Å²) in [5.41, 5.74) is 9.70. The van der Waals surface area contributed by atoms with Crippen molar-refractivity contribution in [3.05, 3.63) is 194 Å². The zero-order chi connectivity index (χ0) is 36.3. The van der Waals surface area contributed by atoms with E-state index in [-0.39, 0.29) is 0 Å². The summed E-state index contributed by atoms with van der Waals surface area (Å²) < 4.78 is 2.61. The summed E-state index contributed by atoms with van der Waals surface area (Å²) in [5, 5.41) is 10.1. The van der Waals surface area contributed by atoms with Crippen LogP contribution in [0, 0.1) is 0 Å². The van der Waals surface area contributed by atoms with E-state index in [9.17, 15) is 0 Å². The standard InChI is InChI=1S/C52H32N2S/c1-2-13-34(14-3-1)46-32-47(39-17-10-16-37(30-39)42-21-11-23-49-51(42)44-20-8-9-22-48(44)55-49)54-52(53-46)36-26-24-35(25-27-36)50-41-19-7-5-15-38(41)31-45-40-18-6-4-12-33(40)28-29-43(45)50/h1-32H.